The Labute approximate surface area is 344 Å². The summed E-state index contributed by atoms with van der Waals surface area (Å²) < 4.78 is 0. The van der Waals surface area contributed by atoms with E-state index in [1.165, 1.54) is 55.6 Å². The van der Waals surface area contributed by atoms with Crippen molar-refractivity contribution in [2.45, 2.75) is 5.41 Å². The predicted octanol–water partition coefficient (Wildman–Crippen LogP) is 14.3. The maximum absolute atomic E-state index is 5.24. The number of para-hydroxylation sites is 1. The average molecular weight is 751 g/mol. The Hall–Kier alpha value is -7.68. The van der Waals surface area contributed by atoms with Crippen molar-refractivity contribution in [3.8, 4) is 67.2 Å². The van der Waals surface area contributed by atoms with Crippen LogP contribution in [0.2, 0.25) is 0 Å². The van der Waals surface area contributed by atoms with Crippen LogP contribution >= 0.6 is 0 Å². The van der Waals surface area contributed by atoms with E-state index >= 15 is 0 Å². The van der Waals surface area contributed by atoms with Crippen LogP contribution in [0.4, 0.5) is 0 Å². The number of rotatable bonds is 7. The van der Waals surface area contributed by atoms with Gasteiger partial charge in [-0.2, -0.15) is 0 Å². The van der Waals surface area contributed by atoms with Gasteiger partial charge in [0, 0.05) is 16.5 Å². The van der Waals surface area contributed by atoms with Crippen LogP contribution in [-0.2, 0) is 5.41 Å². The van der Waals surface area contributed by atoms with Crippen LogP contribution < -0.4 is 0 Å². The molecular weight excluding hydrogens is 713 g/mol. The number of hydrogen-bond donors (Lipinski definition) is 0. The van der Waals surface area contributed by atoms with E-state index in [1.54, 1.807) is 0 Å². The summed E-state index contributed by atoms with van der Waals surface area (Å²) in [6.45, 7) is 0. The number of nitrogens with zero attached hydrogens (tertiary/aromatic N) is 2. The largest absolute Gasteiger partial charge is 0.228 e. The van der Waals surface area contributed by atoms with E-state index in [0.29, 0.717) is 5.82 Å². The van der Waals surface area contributed by atoms with E-state index in [2.05, 4.69) is 218 Å². The van der Waals surface area contributed by atoms with Gasteiger partial charge in [-0.15, -0.1) is 0 Å². The Balaban J connectivity index is 0.981. The van der Waals surface area contributed by atoms with E-state index in [4.69, 9.17) is 9.97 Å². The molecule has 0 amide bonds. The van der Waals surface area contributed by atoms with Gasteiger partial charge in [-0.25, -0.2) is 9.97 Å². The van der Waals surface area contributed by atoms with Crippen LogP contribution in [0.5, 0.6) is 0 Å². The molecule has 59 heavy (non-hydrogen) atoms. The molecule has 1 aliphatic rings. The van der Waals surface area contributed by atoms with E-state index in [1.807, 2.05) is 12.1 Å². The summed E-state index contributed by atoms with van der Waals surface area (Å²) in [5.74, 6) is 0.708. The minimum absolute atomic E-state index is 0.445. The summed E-state index contributed by atoms with van der Waals surface area (Å²) >= 11 is 0. The third kappa shape index (κ3) is 5.88. The van der Waals surface area contributed by atoms with Gasteiger partial charge in [0.1, 0.15) is 0 Å². The van der Waals surface area contributed by atoms with Gasteiger partial charge >= 0.3 is 0 Å². The Morgan fingerprint density at radius 1 is 0.288 bits per heavy atom. The van der Waals surface area contributed by atoms with Gasteiger partial charge in [-0.3, -0.25) is 0 Å². The van der Waals surface area contributed by atoms with Crippen molar-refractivity contribution in [3.63, 3.8) is 0 Å². The number of fused-ring (bicyclic) bond motifs is 4. The number of aromatic nitrogens is 2. The minimum Gasteiger partial charge on any atom is -0.228 e. The Kier molecular flexibility index (Phi) is 8.41. The van der Waals surface area contributed by atoms with Crippen molar-refractivity contribution in [2.24, 2.45) is 0 Å². The SMILES string of the molecule is c1ccc(-c2ccc(-c3nc(-c4cccc(-c5cccc(-c6cccc(C7(c8ccccc8)c8ccccc8-c8ccccc87)c6)c5)c4)nc4ccccc34)cc2)cc1. The monoisotopic (exact) mass is 750 g/mol. The summed E-state index contributed by atoms with van der Waals surface area (Å²) in [6, 6.07) is 83.0. The lowest BCUT2D eigenvalue weighted by atomic mass is 9.67. The Morgan fingerprint density at radius 3 is 1.42 bits per heavy atom. The molecule has 11 rings (SSSR count). The first-order valence-corrected chi connectivity index (χ1v) is 20.2. The molecule has 0 atom stereocenters. The molecule has 0 saturated heterocycles. The van der Waals surface area contributed by atoms with Crippen LogP contribution in [0, 0.1) is 0 Å². The van der Waals surface area contributed by atoms with Crippen LogP contribution in [0.3, 0.4) is 0 Å². The molecule has 1 heterocycles. The number of hydrogen-bond acceptors (Lipinski definition) is 2. The zero-order valence-electron chi connectivity index (χ0n) is 32.3. The lowest BCUT2D eigenvalue weighted by Crippen LogP contribution is -2.28. The quantitative estimate of drug-likeness (QED) is 0.162. The molecule has 0 unspecified atom stereocenters. The summed E-state index contributed by atoms with van der Waals surface area (Å²) in [5, 5.41) is 1.04. The lowest BCUT2D eigenvalue weighted by Gasteiger charge is -2.34. The van der Waals surface area contributed by atoms with E-state index in [9.17, 15) is 0 Å². The third-order valence-electron chi connectivity index (χ3n) is 12.0. The van der Waals surface area contributed by atoms with Crippen LogP contribution in [0.1, 0.15) is 22.3 Å². The summed E-state index contributed by atoms with van der Waals surface area (Å²) in [4.78, 5) is 10.3. The van der Waals surface area contributed by atoms with Crippen molar-refractivity contribution < 1.29 is 0 Å². The zero-order chi connectivity index (χ0) is 39.2. The van der Waals surface area contributed by atoms with Crippen molar-refractivity contribution in [2.75, 3.05) is 0 Å². The average Bonchev–Trinajstić information content (AvgIpc) is 3.63. The molecule has 0 radical (unpaired) electrons. The Morgan fingerprint density at radius 2 is 0.746 bits per heavy atom. The normalized spacial score (nSPS) is 12.5. The van der Waals surface area contributed by atoms with Gasteiger partial charge in [0.25, 0.3) is 0 Å². The fraction of sp³-hybridized carbons (Fsp3) is 0.0175. The molecule has 0 spiro atoms. The maximum Gasteiger partial charge on any atom is 0.160 e. The van der Waals surface area contributed by atoms with Crippen LogP contribution in [0.15, 0.2) is 231 Å². The van der Waals surface area contributed by atoms with Gasteiger partial charge in [-0.05, 0) is 91.0 Å². The van der Waals surface area contributed by atoms with E-state index in [-0.39, 0.29) is 0 Å². The molecule has 0 bridgehead atoms. The molecule has 2 nitrogen and oxygen atoms in total. The number of benzene rings is 9. The third-order valence-corrected chi connectivity index (χ3v) is 12.0. The van der Waals surface area contributed by atoms with Crippen molar-refractivity contribution in [3.05, 3.63) is 253 Å². The van der Waals surface area contributed by atoms with Crippen molar-refractivity contribution in [1.82, 2.24) is 9.97 Å². The molecule has 1 aliphatic carbocycles. The fourth-order valence-electron chi connectivity index (χ4n) is 9.24. The molecule has 10 aromatic rings. The Bertz CT molecular complexity index is 3100. The highest BCUT2D eigenvalue weighted by molar-refractivity contribution is 5.94. The van der Waals surface area contributed by atoms with E-state index in [0.717, 1.165) is 38.9 Å². The second-order valence-electron chi connectivity index (χ2n) is 15.3. The first-order valence-electron chi connectivity index (χ1n) is 20.2. The van der Waals surface area contributed by atoms with Crippen LogP contribution in [-0.4, -0.2) is 9.97 Å². The van der Waals surface area contributed by atoms with Crippen molar-refractivity contribution >= 4 is 10.9 Å². The molecule has 0 saturated carbocycles. The van der Waals surface area contributed by atoms with Gasteiger partial charge in [0.15, 0.2) is 5.82 Å². The highest BCUT2D eigenvalue weighted by Crippen LogP contribution is 2.56. The van der Waals surface area contributed by atoms with Gasteiger partial charge in [0.05, 0.1) is 16.6 Å². The van der Waals surface area contributed by atoms with Crippen LogP contribution in [0.25, 0.3) is 78.1 Å². The highest BCUT2D eigenvalue weighted by atomic mass is 14.9. The summed E-state index contributed by atoms with van der Waals surface area (Å²) in [7, 11) is 0. The van der Waals surface area contributed by atoms with E-state index < -0.39 is 5.41 Å². The van der Waals surface area contributed by atoms with Gasteiger partial charge in [0.2, 0.25) is 0 Å². The van der Waals surface area contributed by atoms with Crippen molar-refractivity contribution in [1.29, 1.82) is 0 Å². The predicted molar refractivity (Wildman–Crippen MR) is 244 cm³/mol. The first-order chi connectivity index (χ1) is 29.2. The maximum atomic E-state index is 5.24. The topological polar surface area (TPSA) is 25.8 Å². The summed E-state index contributed by atoms with van der Waals surface area (Å²) in [5.41, 5.74) is 18.2. The van der Waals surface area contributed by atoms with Gasteiger partial charge < -0.3 is 0 Å². The first kappa shape index (κ1) is 34.6. The molecule has 0 N–H and O–H groups in total. The molecule has 1 aromatic heterocycles. The van der Waals surface area contributed by atoms with Gasteiger partial charge in [-0.1, -0.05) is 206 Å². The fourth-order valence-corrected chi connectivity index (χ4v) is 9.24. The highest BCUT2D eigenvalue weighted by Gasteiger charge is 2.45. The lowest BCUT2D eigenvalue weighted by molar-refractivity contribution is 0.769. The zero-order valence-corrected chi connectivity index (χ0v) is 32.3. The summed E-state index contributed by atoms with van der Waals surface area (Å²) in [6.07, 6.45) is 0. The molecular formula is C57H38N2. The second kappa shape index (κ2) is 14.4. The smallest absolute Gasteiger partial charge is 0.160 e. The second-order valence-corrected chi connectivity index (χ2v) is 15.3. The molecule has 276 valence electrons. The molecule has 2 heteroatoms. The standard InChI is InChI=1S/C57H38N2/c1-3-16-39(17-4-1)40-32-34-41(35-33-40)55-51-28-9-12-31-54(51)58-56(59-55)46-22-14-20-44(37-46)42-18-13-19-43(36-42)45-21-15-25-48(38-45)57(47-23-5-2-6-24-47)52-29-10-7-26-49(52)50-27-8-11-30-53(50)57/h1-38H. The molecule has 0 aliphatic heterocycles. The molecule has 9 aromatic carbocycles. The molecule has 0 fully saturated rings. The minimum atomic E-state index is -0.445.